The van der Waals surface area contributed by atoms with E-state index in [1.165, 1.54) is 21.5 Å². The Balaban J connectivity index is 1.92. The van der Waals surface area contributed by atoms with Crippen molar-refractivity contribution in [2.24, 2.45) is 0 Å². The van der Waals surface area contributed by atoms with Crippen LogP contribution in [0, 0.1) is 0 Å². The fraction of sp³-hybridized carbons (Fsp3) is 0.0833. The van der Waals surface area contributed by atoms with Crippen LogP contribution in [0.15, 0.2) is 83.8 Å². The lowest BCUT2D eigenvalue weighted by Gasteiger charge is -2.06. The summed E-state index contributed by atoms with van der Waals surface area (Å²) in [7, 11) is 0. The van der Waals surface area contributed by atoms with E-state index in [0.29, 0.717) is 13.2 Å². The Bertz CT molecular complexity index is 1280. The Morgan fingerprint density at radius 1 is 0.808 bits per heavy atom. The van der Waals surface area contributed by atoms with E-state index in [1.54, 1.807) is 6.08 Å². The van der Waals surface area contributed by atoms with Crippen LogP contribution in [0.25, 0.3) is 43.5 Å². The Morgan fingerprint density at radius 3 is 2.42 bits per heavy atom. The van der Waals surface area contributed by atoms with Crippen LogP contribution in [-0.4, -0.2) is 6.61 Å². The van der Waals surface area contributed by atoms with Gasteiger partial charge in [0.25, 0.3) is 0 Å². The Morgan fingerprint density at radius 2 is 1.58 bits per heavy atom. The smallest absolute Gasteiger partial charge is 0.143 e. The molecule has 0 aliphatic heterocycles. The van der Waals surface area contributed by atoms with Crippen molar-refractivity contribution in [3.8, 4) is 0 Å². The van der Waals surface area contributed by atoms with Gasteiger partial charge in [-0.1, -0.05) is 60.7 Å². The van der Waals surface area contributed by atoms with Gasteiger partial charge < -0.3 is 9.15 Å². The van der Waals surface area contributed by atoms with E-state index < -0.39 is 0 Å². The molecular formula is C24H18O2. The summed E-state index contributed by atoms with van der Waals surface area (Å²) in [6.07, 6.45) is 1.77. The molecule has 0 atom stereocenters. The van der Waals surface area contributed by atoms with Crippen LogP contribution in [-0.2, 0) is 11.3 Å². The van der Waals surface area contributed by atoms with Gasteiger partial charge in [0.15, 0.2) is 0 Å². The van der Waals surface area contributed by atoms with Crippen LogP contribution >= 0.6 is 0 Å². The van der Waals surface area contributed by atoms with Gasteiger partial charge >= 0.3 is 0 Å². The van der Waals surface area contributed by atoms with Crippen molar-refractivity contribution in [3.05, 3.63) is 84.9 Å². The van der Waals surface area contributed by atoms with Crippen molar-refractivity contribution < 1.29 is 9.15 Å². The van der Waals surface area contributed by atoms with Crippen molar-refractivity contribution in [3.63, 3.8) is 0 Å². The zero-order valence-corrected chi connectivity index (χ0v) is 14.4. The summed E-state index contributed by atoms with van der Waals surface area (Å²) in [5, 5.41) is 7.06. The number of furan rings is 1. The molecule has 0 bridgehead atoms. The first-order chi connectivity index (χ1) is 12.9. The standard InChI is InChI=1S/C24H18O2/c1-2-13-25-15-18-14-17-8-4-5-9-19(17)22-21-12-11-16-7-3-6-10-20(16)24(21)26-23(18)22/h2-12,14H,1,13,15H2. The third kappa shape index (κ3) is 2.23. The number of hydrogen-bond acceptors (Lipinski definition) is 2. The molecule has 0 saturated carbocycles. The van der Waals surface area contributed by atoms with Crippen LogP contribution in [0.2, 0.25) is 0 Å². The predicted molar refractivity (Wildman–Crippen MR) is 109 cm³/mol. The highest BCUT2D eigenvalue weighted by Gasteiger charge is 2.16. The number of ether oxygens (including phenoxy) is 1. The van der Waals surface area contributed by atoms with Crippen molar-refractivity contribution in [1.82, 2.24) is 0 Å². The van der Waals surface area contributed by atoms with E-state index in [9.17, 15) is 0 Å². The summed E-state index contributed by atoms with van der Waals surface area (Å²) in [5.74, 6) is 0. The molecule has 0 spiro atoms. The lowest BCUT2D eigenvalue weighted by Crippen LogP contribution is -1.93. The molecule has 2 heteroatoms. The van der Waals surface area contributed by atoms with Crippen LogP contribution < -0.4 is 0 Å². The highest BCUT2D eigenvalue weighted by atomic mass is 16.5. The Kier molecular flexibility index (Phi) is 3.51. The van der Waals surface area contributed by atoms with Gasteiger partial charge in [0, 0.05) is 21.7 Å². The van der Waals surface area contributed by atoms with Gasteiger partial charge in [-0.15, -0.1) is 6.58 Å². The van der Waals surface area contributed by atoms with Crippen LogP contribution in [0.4, 0.5) is 0 Å². The van der Waals surface area contributed by atoms with E-state index in [1.807, 2.05) is 0 Å². The van der Waals surface area contributed by atoms with E-state index in [-0.39, 0.29) is 0 Å². The molecule has 0 radical (unpaired) electrons. The topological polar surface area (TPSA) is 22.4 Å². The molecule has 1 heterocycles. The summed E-state index contributed by atoms with van der Waals surface area (Å²) in [4.78, 5) is 0. The first kappa shape index (κ1) is 15.2. The molecule has 2 nitrogen and oxygen atoms in total. The number of benzene rings is 4. The largest absolute Gasteiger partial charge is 0.455 e. The molecular weight excluding hydrogens is 320 g/mol. The molecule has 0 N–H and O–H groups in total. The minimum Gasteiger partial charge on any atom is -0.455 e. The number of hydrogen-bond donors (Lipinski definition) is 0. The zero-order valence-electron chi connectivity index (χ0n) is 14.4. The molecule has 0 fully saturated rings. The number of rotatable bonds is 4. The highest BCUT2D eigenvalue weighted by Crippen LogP contribution is 2.39. The highest BCUT2D eigenvalue weighted by molar-refractivity contribution is 6.23. The second kappa shape index (κ2) is 6.01. The summed E-state index contributed by atoms with van der Waals surface area (Å²) in [6, 6.07) is 23.3. The minimum atomic E-state index is 0.505. The average molecular weight is 338 g/mol. The monoisotopic (exact) mass is 338 g/mol. The van der Waals surface area contributed by atoms with Gasteiger partial charge in [0.1, 0.15) is 11.2 Å². The maximum Gasteiger partial charge on any atom is 0.143 e. The van der Waals surface area contributed by atoms with Crippen molar-refractivity contribution >= 4 is 43.5 Å². The Hall–Kier alpha value is -3.10. The fourth-order valence-electron chi connectivity index (χ4n) is 3.78. The van der Waals surface area contributed by atoms with Crippen molar-refractivity contribution in [2.75, 3.05) is 6.61 Å². The molecule has 0 aliphatic rings. The third-order valence-electron chi connectivity index (χ3n) is 4.92. The van der Waals surface area contributed by atoms with Crippen LogP contribution in [0.3, 0.4) is 0 Å². The van der Waals surface area contributed by atoms with Gasteiger partial charge in [-0.2, -0.15) is 0 Å². The van der Waals surface area contributed by atoms with E-state index in [0.717, 1.165) is 27.5 Å². The predicted octanol–water partition coefficient (Wildman–Crippen LogP) is 6.60. The van der Waals surface area contributed by atoms with Gasteiger partial charge in [-0.05, 0) is 28.3 Å². The summed E-state index contributed by atoms with van der Waals surface area (Å²) in [5.41, 5.74) is 2.93. The molecule has 1 aromatic heterocycles. The second-order valence-electron chi connectivity index (χ2n) is 6.53. The first-order valence-corrected chi connectivity index (χ1v) is 8.80. The average Bonchev–Trinajstić information content (AvgIpc) is 3.09. The van der Waals surface area contributed by atoms with Crippen LogP contribution in [0.5, 0.6) is 0 Å². The van der Waals surface area contributed by atoms with Crippen molar-refractivity contribution in [2.45, 2.75) is 6.61 Å². The molecule has 4 aromatic carbocycles. The lowest BCUT2D eigenvalue weighted by molar-refractivity contribution is 0.149. The fourth-order valence-corrected chi connectivity index (χ4v) is 3.78. The second-order valence-corrected chi connectivity index (χ2v) is 6.53. The summed E-state index contributed by atoms with van der Waals surface area (Å²) < 4.78 is 12.2. The Labute approximate surface area is 151 Å². The summed E-state index contributed by atoms with van der Waals surface area (Å²) in [6.45, 7) is 4.75. The molecule has 5 rings (SSSR count). The maximum atomic E-state index is 6.43. The number of fused-ring (bicyclic) bond motifs is 7. The molecule has 0 saturated heterocycles. The van der Waals surface area contributed by atoms with E-state index >= 15 is 0 Å². The first-order valence-electron chi connectivity index (χ1n) is 8.80. The third-order valence-corrected chi connectivity index (χ3v) is 4.92. The maximum absolute atomic E-state index is 6.43. The molecule has 0 aliphatic carbocycles. The SMILES string of the molecule is C=CCOCc1cc2ccccc2c2c1oc1c3ccccc3ccc12. The molecule has 0 unspecified atom stereocenters. The molecule has 126 valence electrons. The summed E-state index contributed by atoms with van der Waals surface area (Å²) >= 11 is 0. The van der Waals surface area contributed by atoms with Crippen molar-refractivity contribution in [1.29, 1.82) is 0 Å². The lowest BCUT2D eigenvalue weighted by atomic mass is 9.99. The zero-order chi connectivity index (χ0) is 17.5. The van der Waals surface area contributed by atoms with Gasteiger partial charge in [-0.3, -0.25) is 0 Å². The van der Waals surface area contributed by atoms with Crippen LogP contribution in [0.1, 0.15) is 5.56 Å². The molecule has 0 amide bonds. The molecule has 5 aromatic rings. The van der Waals surface area contributed by atoms with Gasteiger partial charge in [-0.25, -0.2) is 0 Å². The minimum absolute atomic E-state index is 0.505. The van der Waals surface area contributed by atoms with E-state index in [2.05, 4.69) is 73.3 Å². The normalized spacial score (nSPS) is 11.7. The molecule has 26 heavy (non-hydrogen) atoms. The quantitative estimate of drug-likeness (QED) is 0.272. The van der Waals surface area contributed by atoms with Gasteiger partial charge in [0.2, 0.25) is 0 Å². The van der Waals surface area contributed by atoms with Gasteiger partial charge in [0.05, 0.1) is 13.2 Å². The van der Waals surface area contributed by atoms with E-state index in [4.69, 9.17) is 9.15 Å².